The number of carboxylic acid groups (broad SMARTS) is 1. The van der Waals surface area contributed by atoms with Gasteiger partial charge in [0.15, 0.2) is 0 Å². The molecule has 0 aliphatic carbocycles. The fourth-order valence-electron chi connectivity index (χ4n) is 3.05. The molecule has 0 aliphatic heterocycles. The molecule has 3 aromatic rings. The molecule has 6 heteroatoms. The Hall–Kier alpha value is -3.25. The zero-order valence-electron chi connectivity index (χ0n) is 16.2. The van der Waals surface area contributed by atoms with Gasteiger partial charge in [0.1, 0.15) is 0 Å². The van der Waals surface area contributed by atoms with Crippen molar-refractivity contribution < 1.29 is 9.90 Å². The van der Waals surface area contributed by atoms with Crippen LogP contribution in [0.15, 0.2) is 65.5 Å². The summed E-state index contributed by atoms with van der Waals surface area (Å²) in [6.07, 6.45) is 0. The lowest BCUT2D eigenvalue weighted by atomic mass is 10.1. The minimum atomic E-state index is -0.978. The number of aromatic nitrogens is 2. The summed E-state index contributed by atoms with van der Waals surface area (Å²) in [5, 5.41) is 13.6. The number of benzene rings is 2. The molecule has 6 nitrogen and oxygen atoms in total. The van der Waals surface area contributed by atoms with Crippen LogP contribution >= 0.6 is 0 Å². The van der Waals surface area contributed by atoms with Crippen molar-refractivity contribution in [3.8, 4) is 11.3 Å². The van der Waals surface area contributed by atoms with Crippen LogP contribution in [0.3, 0.4) is 0 Å². The molecule has 2 aromatic carbocycles. The molecule has 0 radical (unpaired) electrons. The van der Waals surface area contributed by atoms with E-state index < -0.39 is 5.97 Å². The highest BCUT2D eigenvalue weighted by molar-refractivity contribution is 5.87. The lowest BCUT2D eigenvalue weighted by Crippen LogP contribution is -2.26. The van der Waals surface area contributed by atoms with Gasteiger partial charge in [0.25, 0.3) is 5.56 Å². The van der Waals surface area contributed by atoms with Crippen LogP contribution in [0.4, 0.5) is 0 Å². The normalized spacial score (nSPS) is 12.1. The first-order valence-electron chi connectivity index (χ1n) is 9.02. The minimum absolute atomic E-state index is 0.206. The summed E-state index contributed by atoms with van der Waals surface area (Å²) in [7, 11) is 4.05. The molecular weight excluding hydrogens is 354 g/mol. The summed E-state index contributed by atoms with van der Waals surface area (Å²) in [5.74, 6) is -0.978. The van der Waals surface area contributed by atoms with E-state index in [9.17, 15) is 9.59 Å². The highest BCUT2D eigenvalue weighted by Gasteiger charge is 2.13. The first-order chi connectivity index (χ1) is 13.3. The predicted molar refractivity (Wildman–Crippen MR) is 109 cm³/mol. The molecule has 1 heterocycles. The Bertz CT molecular complexity index is 1020. The molecular formula is C22H23N3O3. The van der Waals surface area contributed by atoms with Crippen LogP contribution in [0.1, 0.15) is 34.5 Å². The van der Waals surface area contributed by atoms with E-state index in [0.29, 0.717) is 5.69 Å². The van der Waals surface area contributed by atoms with Crippen molar-refractivity contribution in [3.63, 3.8) is 0 Å². The summed E-state index contributed by atoms with van der Waals surface area (Å²) in [4.78, 5) is 25.5. The highest BCUT2D eigenvalue weighted by atomic mass is 16.4. The van der Waals surface area contributed by atoms with Crippen molar-refractivity contribution in [2.24, 2.45) is 0 Å². The second-order valence-electron chi connectivity index (χ2n) is 7.04. The maximum atomic E-state index is 12.4. The maximum Gasteiger partial charge on any atom is 0.335 e. The van der Waals surface area contributed by atoms with Crippen LogP contribution in [0.5, 0.6) is 0 Å². The van der Waals surface area contributed by atoms with Gasteiger partial charge in [-0.25, -0.2) is 9.48 Å². The quantitative estimate of drug-likeness (QED) is 0.713. The molecule has 0 aliphatic rings. The molecule has 0 spiro atoms. The Balaban J connectivity index is 1.90. The lowest BCUT2D eigenvalue weighted by molar-refractivity contribution is 0.0697. The van der Waals surface area contributed by atoms with Gasteiger partial charge in [-0.15, -0.1) is 0 Å². The van der Waals surface area contributed by atoms with Gasteiger partial charge in [-0.05, 0) is 50.3 Å². The minimum Gasteiger partial charge on any atom is -0.478 e. The highest BCUT2D eigenvalue weighted by Crippen LogP contribution is 2.20. The second kappa shape index (κ2) is 8.19. The maximum absolute atomic E-state index is 12.4. The van der Waals surface area contributed by atoms with Crippen molar-refractivity contribution in [3.05, 3.63) is 87.7 Å². The van der Waals surface area contributed by atoms with Gasteiger partial charge in [-0.2, -0.15) is 5.10 Å². The fourth-order valence-corrected chi connectivity index (χ4v) is 3.05. The average Bonchev–Trinajstić information content (AvgIpc) is 2.68. The van der Waals surface area contributed by atoms with Crippen LogP contribution in [0.25, 0.3) is 11.3 Å². The Kier molecular flexibility index (Phi) is 5.70. The van der Waals surface area contributed by atoms with Crippen LogP contribution < -0.4 is 5.56 Å². The summed E-state index contributed by atoms with van der Waals surface area (Å²) in [5.41, 5.74) is 3.67. The number of aromatic carboxylic acids is 1. The van der Waals surface area contributed by atoms with Gasteiger partial charge < -0.3 is 10.0 Å². The van der Waals surface area contributed by atoms with Crippen molar-refractivity contribution >= 4 is 5.97 Å². The Morgan fingerprint density at radius 2 is 1.68 bits per heavy atom. The van der Waals surface area contributed by atoms with Crippen molar-refractivity contribution in [2.75, 3.05) is 14.1 Å². The number of rotatable bonds is 6. The molecule has 144 valence electrons. The Morgan fingerprint density at radius 3 is 2.25 bits per heavy atom. The van der Waals surface area contributed by atoms with Gasteiger partial charge in [0.2, 0.25) is 0 Å². The second-order valence-corrected chi connectivity index (χ2v) is 7.04. The van der Waals surface area contributed by atoms with Gasteiger partial charge in [-0.1, -0.05) is 36.4 Å². The molecule has 1 aromatic heterocycles. The average molecular weight is 377 g/mol. The molecule has 0 fully saturated rings. The zero-order chi connectivity index (χ0) is 20.3. The summed E-state index contributed by atoms with van der Waals surface area (Å²) < 4.78 is 1.43. The molecule has 0 saturated heterocycles. The third-order valence-electron chi connectivity index (χ3n) is 4.58. The molecule has 28 heavy (non-hydrogen) atoms. The van der Waals surface area contributed by atoms with Crippen molar-refractivity contribution in [2.45, 2.75) is 19.5 Å². The van der Waals surface area contributed by atoms with Gasteiger partial charge in [0.05, 0.1) is 17.3 Å². The molecule has 1 N–H and O–H groups in total. The van der Waals surface area contributed by atoms with Crippen LogP contribution in [-0.4, -0.2) is 39.9 Å². The zero-order valence-corrected chi connectivity index (χ0v) is 16.2. The Labute approximate surface area is 163 Å². The molecule has 1 unspecified atom stereocenters. The molecule has 0 bridgehead atoms. The van der Waals surface area contributed by atoms with E-state index in [1.54, 1.807) is 18.2 Å². The number of nitrogens with zero attached hydrogens (tertiary/aromatic N) is 3. The number of hydrogen-bond donors (Lipinski definition) is 1. The summed E-state index contributed by atoms with van der Waals surface area (Å²) in [6.45, 7) is 2.73. The van der Waals surface area contributed by atoms with Crippen LogP contribution in [0, 0.1) is 0 Å². The summed E-state index contributed by atoms with van der Waals surface area (Å²) in [6, 6.07) is 17.5. The number of carbonyl (C=O) groups is 1. The molecule has 3 rings (SSSR count). The fraction of sp³-hybridized carbons (Fsp3) is 0.227. The predicted octanol–water partition coefficient (Wildman–Crippen LogP) is 3.28. The van der Waals surface area contributed by atoms with E-state index in [1.165, 1.54) is 28.4 Å². The van der Waals surface area contributed by atoms with E-state index in [0.717, 1.165) is 17.7 Å². The van der Waals surface area contributed by atoms with E-state index in [-0.39, 0.29) is 17.2 Å². The summed E-state index contributed by atoms with van der Waals surface area (Å²) >= 11 is 0. The largest absolute Gasteiger partial charge is 0.478 e. The molecule has 1 atom stereocenters. The van der Waals surface area contributed by atoms with Gasteiger partial charge >= 0.3 is 5.97 Å². The first kappa shape index (κ1) is 19.5. The standard InChI is InChI=1S/C22H23N3O3/c1-15(17-8-10-19(11-9-17)22(27)28)25-21(26)13-12-20(23-25)18-6-4-16(5-7-18)14-24(2)3/h4-13,15H,14H2,1-3H3,(H,27,28). The number of carboxylic acids is 1. The number of hydrogen-bond acceptors (Lipinski definition) is 4. The van der Waals surface area contributed by atoms with E-state index in [2.05, 4.69) is 22.1 Å². The molecule has 0 saturated carbocycles. The smallest absolute Gasteiger partial charge is 0.335 e. The monoisotopic (exact) mass is 377 g/mol. The Morgan fingerprint density at radius 1 is 1.04 bits per heavy atom. The first-order valence-corrected chi connectivity index (χ1v) is 9.02. The third kappa shape index (κ3) is 4.35. The third-order valence-corrected chi connectivity index (χ3v) is 4.58. The van der Waals surface area contributed by atoms with E-state index in [1.807, 2.05) is 33.2 Å². The van der Waals surface area contributed by atoms with Crippen molar-refractivity contribution in [1.29, 1.82) is 0 Å². The SMILES string of the molecule is CC(c1ccc(C(=O)O)cc1)n1nc(-c2ccc(CN(C)C)cc2)ccc1=O. The molecule has 0 amide bonds. The van der Waals surface area contributed by atoms with Gasteiger partial charge in [-0.3, -0.25) is 4.79 Å². The van der Waals surface area contributed by atoms with Crippen LogP contribution in [0.2, 0.25) is 0 Å². The van der Waals surface area contributed by atoms with E-state index >= 15 is 0 Å². The van der Waals surface area contributed by atoms with Crippen molar-refractivity contribution in [1.82, 2.24) is 14.7 Å². The lowest BCUT2D eigenvalue weighted by Gasteiger charge is -2.16. The van der Waals surface area contributed by atoms with Gasteiger partial charge in [0, 0.05) is 18.2 Å². The van der Waals surface area contributed by atoms with Crippen LogP contribution in [-0.2, 0) is 6.54 Å². The topological polar surface area (TPSA) is 75.4 Å². The van der Waals surface area contributed by atoms with E-state index in [4.69, 9.17) is 5.11 Å².